The molecule has 0 fully saturated rings. The molecule has 1 aromatic carbocycles. The maximum Gasteiger partial charge on any atom is 0.240 e. The van der Waals surface area contributed by atoms with Gasteiger partial charge in [-0.25, -0.2) is 13.1 Å². The number of nitrogens with zero attached hydrogens (tertiary/aromatic N) is 1. The minimum absolute atomic E-state index is 0.203. The number of rotatable bonds is 4. The summed E-state index contributed by atoms with van der Waals surface area (Å²) in [6.07, 6.45) is 0.460. The molecule has 18 heavy (non-hydrogen) atoms. The van der Waals surface area contributed by atoms with Gasteiger partial charge in [-0.05, 0) is 26.0 Å². The molecule has 1 atom stereocenters. The Hall–Kier alpha value is -1.40. The summed E-state index contributed by atoms with van der Waals surface area (Å²) in [5, 5.41) is 3.78. The maximum atomic E-state index is 12.0. The van der Waals surface area contributed by atoms with Crippen molar-refractivity contribution in [3.63, 3.8) is 0 Å². The molecule has 1 heterocycles. The molecular formula is C12H16N2O3S. The normalized spacial score (nSPS) is 19.4. The highest BCUT2D eigenvalue weighted by Gasteiger charge is 2.21. The highest BCUT2D eigenvalue weighted by atomic mass is 32.2. The van der Waals surface area contributed by atoms with Crippen molar-refractivity contribution in [2.75, 3.05) is 6.54 Å². The predicted octanol–water partition coefficient (Wildman–Crippen LogP) is 1.44. The quantitative estimate of drug-likeness (QED) is 0.898. The fourth-order valence-corrected chi connectivity index (χ4v) is 2.75. The minimum atomic E-state index is -3.46. The van der Waals surface area contributed by atoms with Crippen LogP contribution in [0.15, 0.2) is 34.3 Å². The summed E-state index contributed by atoms with van der Waals surface area (Å²) in [7, 11) is -3.46. The van der Waals surface area contributed by atoms with Crippen LogP contribution in [0.5, 0.6) is 0 Å². The zero-order valence-electron chi connectivity index (χ0n) is 10.4. The average Bonchev–Trinajstić information content (AvgIpc) is 2.73. The Morgan fingerprint density at radius 1 is 1.33 bits per heavy atom. The van der Waals surface area contributed by atoms with E-state index in [0.717, 1.165) is 11.3 Å². The molecule has 0 aliphatic carbocycles. The van der Waals surface area contributed by atoms with Crippen molar-refractivity contribution in [3.8, 4) is 0 Å². The van der Waals surface area contributed by atoms with E-state index in [9.17, 15) is 8.42 Å². The zero-order chi connectivity index (χ0) is 13.2. The van der Waals surface area contributed by atoms with Gasteiger partial charge in [0.25, 0.3) is 0 Å². The van der Waals surface area contributed by atoms with E-state index in [0.29, 0.717) is 6.42 Å². The van der Waals surface area contributed by atoms with Crippen LogP contribution in [0.2, 0.25) is 0 Å². The predicted molar refractivity (Wildman–Crippen MR) is 69.0 cm³/mol. The number of benzene rings is 1. The Morgan fingerprint density at radius 2 is 2.00 bits per heavy atom. The Balaban J connectivity index is 1.98. The lowest BCUT2D eigenvalue weighted by atomic mass is 10.2. The lowest BCUT2D eigenvalue weighted by Gasteiger charge is -2.10. The largest absolute Gasteiger partial charge is 0.391 e. The first kappa shape index (κ1) is 13.0. The van der Waals surface area contributed by atoms with Crippen molar-refractivity contribution in [1.82, 2.24) is 4.72 Å². The van der Waals surface area contributed by atoms with Gasteiger partial charge >= 0.3 is 0 Å². The molecule has 5 nitrogen and oxygen atoms in total. The highest BCUT2D eigenvalue weighted by molar-refractivity contribution is 7.89. The van der Waals surface area contributed by atoms with E-state index in [1.807, 2.05) is 13.8 Å². The summed E-state index contributed by atoms with van der Waals surface area (Å²) in [6, 6.07) is 6.73. The lowest BCUT2D eigenvalue weighted by molar-refractivity contribution is 0.0891. The van der Waals surface area contributed by atoms with Crippen molar-refractivity contribution in [2.45, 2.75) is 31.3 Å². The summed E-state index contributed by atoms with van der Waals surface area (Å²) in [4.78, 5) is 5.34. The second-order valence-electron chi connectivity index (χ2n) is 4.42. The second-order valence-corrected chi connectivity index (χ2v) is 6.19. The molecule has 0 saturated heterocycles. The summed E-state index contributed by atoms with van der Waals surface area (Å²) in [6.45, 7) is 4.00. The van der Waals surface area contributed by atoms with Gasteiger partial charge in [0.1, 0.15) is 6.10 Å². The van der Waals surface area contributed by atoms with Gasteiger partial charge in [-0.1, -0.05) is 22.9 Å². The monoisotopic (exact) mass is 268 g/mol. The molecule has 0 saturated carbocycles. The third-order valence-electron chi connectivity index (χ3n) is 2.71. The Bertz CT molecular complexity index is 549. The molecule has 1 aliphatic heterocycles. The van der Waals surface area contributed by atoms with Gasteiger partial charge in [0.2, 0.25) is 10.0 Å². The topological polar surface area (TPSA) is 67.8 Å². The maximum absolute atomic E-state index is 12.0. The van der Waals surface area contributed by atoms with Crippen LogP contribution < -0.4 is 4.72 Å². The molecule has 6 heteroatoms. The van der Waals surface area contributed by atoms with Gasteiger partial charge in [-0.3, -0.25) is 0 Å². The van der Waals surface area contributed by atoms with Crippen molar-refractivity contribution in [3.05, 3.63) is 29.8 Å². The number of hydrogen-bond acceptors (Lipinski definition) is 4. The third-order valence-corrected chi connectivity index (χ3v) is 4.15. The van der Waals surface area contributed by atoms with Crippen LogP contribution in [0.4, 0.5) is 0 Å². The first-order valence-corrected chi connectivity index (χ1v) is 7.21. The number of aryl methyl sites for hydroxylation is 1. The fraction of sp³-hybridized carbons (Fsp3) is 0.417. The van der Waals surface area contributed by atoms with Crippen molar-refractivity contribution in [1.29, 1.82) is 0 Å². The number of nitrogens with one attached hydrogen (secondary N) is 1. The van der Waals surface area contributed by atoms with Gasteiger partial charge in [0.15, 0.2) is 0 Å². The minimum Gasteiger partial charge on any atom is -0.391 e. The van der Waals surface area contributed by atoms with Gasteiger partial charge in [-0.15, -0.1) is 0 Å². The van der Waals surface area contributed by atoms with Crippen LogP contribution in [-0.4, -0.2) is 26.8 Å². The molecular weight excluding hydrogens is 252 g/mol. The van der Waals surface area contributed by atoms with Gasteiger partial charge in [-0.2, -0.15) is 0 Å². The number of sulfonamides is 1. The van der Waals surface area contributed by atoms with E-state index < -0.39 is 10.0 Å². The van der Waals surface area contributed by atoms with Crippen molar-refractivity contribution < 1.29 is 13.3 Å². The van der Waals surface area contributed by atoms with Crippen LogP contribution in [0, 0.1) is 6.92 Å². The molecule has 0 bridgehead atoms. The molecule has 2 rings (SSSR count). The number of hydrogen-bond donors (Lipinski definition) is 1. The van der Waals surface area contributed by atoms with Crippen LogP contribution in [0.25, 0.3) is 0 Å². The molecule has 0 radical (unpaired) electrons. The van der Waals surface area contributed by atoms with Crippen molar-refractivity contribution in [2.24, 2.45) is 5.16 Å². The van der Waals surface area contributed by atoms with E-state index in [4.69, 9.17) is 4.84 Å². The first-order chi connectivity index (χ1) is 8.47. The van der Waals surface area contributed by atoms with E-state index in [2.05, 4.69) is 9.88 Å². The standard InChI is InChI=1S/C12H16N2O3S/c1-9-3-5-12(6-4-9)18(15,16)13-8-11-7-10(2)14-17-11/h3-6,11,13H,7-8H2,1-2H3. The smallest absolute Gasteiger partial charge is 0.240 e. The van der Waals surface area contributed by atoms with E-state index in [1.54, 1.807) is 24.3 Å². The second kappa shape index (κ2) is 5.07. The summed E-state index contributed by atoms with van der Waals surface area (Å²) in [5.74, 6) is 0. The van der Waals surface area contributed by atoms with Crippen LogP contribution in [0.3, 0.4) is 0 Å². The average molecular weight is 268 g/mol. The SMILES string of the molecule is CC1=NOC(CNS(=O)(=O)c2ccc(C)cc2)C1. The van der Waals surface area contributed by atoms with Crippen LogP contribution >= 0.6 is 0 Å². The van der Waals surface area contributed by atoms with Gasteiger partial charge < -0.3 is 4.84 Å². The zero-order valence-corrected chi connectivity index (χ0v) is 11.2. The summed E-state index contributed by atoms with van der Waals surface area (Å²) in [5.41, 5.74) is 1.91. The van der Waals surface area contributed by atoms with E-state index >= 15 is 0 Å². The Kier molecular flexibility index (Phi) is 3.68. The third kappa shape index (κ3) is 3.08. The summed E-state index contributed by atoms with van der Waals surface area (Å²) < 4.78 is 26.5. The van der Waals surface area contributed by atoms with Gasteiger partial charge in [0, 0.05) is 6.42 Å². The fourth-order valence-electron chi connectivity index (χ4n) is 1.68. The van der Waals surface area contributed by atoms with E-state index in [-0.39, 0.29) is 17.5 Å². The molecule has 1 aliphatic rings. The molecule has 1 N–H and O–H groups in total. The summed E-state index contributed by atoms with van der Waals surface area (Å²) >= 11 is 0. The molecule has 0 aromatic heterocycles. The van der Waals surface area contributed by atoms with Crippen LogP contribution in [0.1, 0.15) is 18.9 Å². The molecule has 1 aromatic rings. The Labute approximate surface area is 107 Å². The lowest BCUT2D eigenvalue weighted by Crippen LogP contribution is -2.32. The molecule has 0 amide bonds. The molecule has 98 valence electrons. The van der Waals surface area contributed by atoms with Crippen LogP contribution in [-0.2, 0) is 14.9 Å². The Morgan fingerprint density at radius 3 is 2.56 bits per heavy atom. The molecule has 1 unspecified atom stereocenters. The van der Waals surface area contributed by atoms with E-state index in [1.165, 1.54) is 0 Å². The molecule has 0 spiro atoms. The number of oxime groups is 1. The van der Waals surface area contributed by atoms with Gasteiger partial charge in [0.05, 0.1) is 17.2 Å². The first-order valence-electron chi connectivity index (χ1n) is 5.73. The highest BCUT2D eigenvalue weighted by Crippen LogP contribution is 2.12. The van der Waals surface area contributed by atoms with Crippen molar-refractivity contribution >= 4 is 15.7 Å².